The van der Waals surface area contributed by atoms with Crippen molar-refractivity contribution in [3.8, 4) is 0 Å². The summed E-state index contributed by atoms with van der Waals surface area (Å²) in [4.78, 5) is 7.12. The van der Waals surface area contributed by atoms with Gasteiger partial charge in [0.2, 0.25) is 0 Å². The average Bonchev–Trinajstić information content (AvgIpc) is 3.03. The van der Waals surface area contributed by atoms with Crippen LogP contribution in [0.5, 0.6) is 0 Å². The average molecular weight is 287 g/mol. The molecule has 1 aromatic heterocycles. The van der Waals surface area contributed by atoms with E-state index in [4.69, 9.17) is 11.6 Å². The third-order valence-electron chi connectivity index (χ3n) is 3.80. The molecule has 0 bridgehead atoms. The molecule has 18 heavy (non-hydrogen) atoms. The third-order valence-corrected chi connectivity index (χ3v) is 5.03. The highest BCUT2D eigenvalue weighted by atomic mass is 35.5. The van der Waals surface area contributed by atoms with Crippen LogP contribution >= 0.6 is 22.9 Å². The molecule has 0 saturated carbocycles. The highest BCUT2D eigenvalue weighted by molar-refractivity contribution is 7.09. The van der Waals surface area contributed by atoms with E-state index in [0.29, 0.717) is 5.88 Å². The minimum Gasteiger partial charge on any atom is -0.303 e. The summed E-state index contributed by atoms with van der Waals surface area (Å²) < 4.78 is 0. The Hall–Kier alpha value is -0.120. The van der Waals surface area contributed by atoms with Crippen molar-refractivity contribution < 1.29 is 0 Å². The lowest BCUT2D eigenvalue weighted by atomic mass is 10.1. The van der Waals surface area contributed by atoms with Crippen molar-refractivity contribution in [1.29, 1.82) is 0 Å². The van der Waals surface area contributed by atoms with Crippen LogP contribution in [0.2, 0.25) is 0 Å². The Labute approximate surface area is 119 Å². The molecule has 1 aromatic rings. The van der Waals surface area contributed by atoms with Crippen molar-refractivity contribution in [3.05, 3.63) is 16.1 Å². The van der Waals surface area contributed by atoms with Crippen LogP contribution in [0, 0.1) is 5.92 Å². The molecule has 0 aliphatic carbocycles. The lowest BCUT2D eigenvalue weighted by molar-refractivity contribution is 0.315. The van der Waals surface area contributed by atoms with Gasteiger partial charge in [0.15, 0.2) is 0 Å². The first-order valence-electron chi connectivity index (χ1n) is 7.03. The number of hydrogen-bond acceptors (Lipinski definition) is 3. The quantitative estimate of drug-likeness (QED) is 0.558. The Kier molecular flexibility index (Phi) is 5.93. The van der Waals surface area contributed by atoms with Gasteiger partial charge in [0.25, 0.3) is 0 Å². The molecule has 0 radical (unpaired) electrons. The molecule has 2 rings (SSSR count). The zero-order valence-electron chi connectivity index (χ0n) is 11.2. The SMILES string of the molecule is CCC1CCN(CCCCc2nc(CCl)cs2)C1. The molecule has 0 amide bonds. The van der Waals surface area contributed by atoms with E-state index in [1.165, 1.54) is 50.3 Å². The number of alkyl halides is 1. The molecule has 1 aliphatic heterocycles. The molecule has 4 heteroatoms. The van der Waals surface area contributed by atoms with Crippen LogP contribution in [0.25, 0.3) is 0 Å². The van der Waals surface area contributed by atoms with Crippen LogP contribution in [-0.4, -0.2) is 29.5 Å². The van der Waals surface area contributed by atoms with E-state index >= 15 is 0 Å². The van der Waals surface area contributed by atoms with Crippen LogP contribution in [0.15, 0.2) is 5.38 Å². The first kappa shape index (κ1) is 14.3. The van der Waals surface area contributed by atoms with E-state index in [0.717, 1.165) is 18.0 Å². The van der Waals surface area contributed by atoms with Crippen molar-refractivity contribution >= 4 is 22.9 Å². The summed E-state index contributed by atoms with van der Waals surface area (Å²) >= 11 is 7.50. The molecule has 0 aromatic carbocycles. The normalized spacial score (nSPS) is 20.7. The van der Waals surface area contributed by atoms with Crippen LogP contribution in [0.3, 0.4) is 0 Å². The minimum absolute atomic E-state index is 0.544. The number of rotatable bonds is 7. The molecule has 1 saturated heterocycles. The Morgan fingerprint density at radius 2 is 2.39 bits per heavy atom. The second-order valence-corrected chi connectivity index (χ2v) is 6.40. The Bertz CT molecular complexity index is 353. The van der Waals surface area contributed by atoms with Gasteiger partial charge in [0, 0.05) is 11.9 Å². The maximum Gasteiger partial charge on any atom is 0.0928 e. The molecule has 2 nitrogen and oxygen atoms in total. The first-order chi connectivity index (χ1) is 8.81. The van der Waals surface area contributed by atoms with Crippen LogP contribution in [0.1, 0.15) is 43.3 Å². The lowest BCUT2D eigenvalue weighted by Gasteiger charge is -2.14. The molecule has 0 spiro atoms. The Morgan fingerprint density at radius 3 is 3.06 bits per heavy atom. The van der Waals surface area contributed by atoms with Gasteiger partial charge in [-0.15, -0.1) is 22.9 Å². The fourth-order valence-electron chi connectivity index (χ4n) is 2.59. The van der Waals surface area contributed by atoms with Gasteiger partial charge in [-0.25, -0.2) is 4.98 Å². The fraction of sp³-hybridized carbons (Fsp3) is 0.786. The molecule has 2 heterocycles. The van der Waals surface area contributed by atoms with E-state index in [2.05, 4.69) is 22.2 Å². The third kappa shape index (κ3) is 4.22. The predicted molar refractivity (Wildman–Crippen MR) is 79.4 cm³/mol. The maximum atomic E-state index is 5.75. The number of aryl methyl sites for hydroxylation is 1. The lowest BCUT2D eigenvalue weighted by Crippen LogP contribution is -2.21. The summed E-state index contributed by atoms with van der Waals surface area (Å²) in [5.74, 6) is 1.50. The fourth-order valence-corrected chi connectivity index (χ4v) is 3.65. The molecule has 102 valence electrons. The van der Waals surface area contributed by atoms with Crippen molar-refractivity contribution in [3.63, 3.8) is 0 Å². The molecule has 1 aliphatic rings. The van der Waals surface area contributed by atoms with Gasteiger partial charge in [-0.2, -0.15) is 0 Å². The van der Waals surface area contributed by atoms with Gasteiger partial charge >= 0.3 is 0 Å². The molecular weight excluding hydrogens is 264 g/mol. The van der Waals surface area contributed by atoms with Crippen molar-refractivity contribution in [2.45, 2.75) is 44.9 Å². The monoisotopic (exact) mass is 286 g/mol. The summed E-state index contributed by atoms with van der Waals surface area (Å²) in [7, 11) is 0. The van der Waals surface area contributed by atoms with Crippen LogP contribution in [-0.2, 0) is 12.3 Å². The van der Waals surface area contributed by atoms with Crippen molar-refractivity contribution in [1.82, 2.24) is 9.88 Å². The number of thiazole rings is 1. The first-order valence-corrected chi connectivity index (χ1v) is 8.44. The zero-order chi connectivity index (χ0) is 12.8. The van der Waals surface area contributed by atoms with E-state index in [-0.39, 0.29) is 0 Å². The molecule has 1 unspecified atom stereocenters. The summed E-state index contributed by atoms with van der Waals surface area (Å²) in [5, 5.41) is 3.33. The van der Waals surface area contributed by atoms with Gasteiger partial charge in [-0.05, 0) is 44.7 Å². The topological polar surface area (TPSA) is 16.1 Å². The largest absolute Gasteiger partial charge is 0.303 e. The zero-order valence-corrected chi connectivity index (χ0v) is 12.8. The van der Waals surface area contributed by atoms with Gasteiger partial charge in [-0.1, -0.05) is 13.3 Å². The summed E-state index contributed by atoms with van der Waals surface area (Å²) in [5.41, 5.74) is 1.03. The number of unbranched alkanes of at least 4 members (excludes halogenated alkanes) is 1. The number of aromatic nitrogens is 1. The van der Waals surface area contributed by atoms with E-state index < -0.39 is 0 Å². The predicted octanol–water partition coefficient (Wildman–Crippen LogP) is 3.94. The minimum atomic E-state index is 0.544. The van der Waals surface area contributed by atoms with Crippen LogP contribution < -0.4 is 0 Å². The molecule has 1 fully saturated rings. The van der Waals surface area contributed by atoms with Crippen molar-refractivity contribution in [2.75, 3.05) is 19.6 Å². The van der Waals surface area contributed by atoms with Crippen LogP contribution in [0.4, 0.5) is 0 Å². The maximum absolute atomic E-state index is 5.75. The van der Waals surface area contributed by atoms with E-state index in [1.807, 2.05) is 0 Å². The number of hydrogen-bond donors (Lipinski definition) is 0. The van der Waals surface area contributed by atoms with Gasteiger partial charge in [-0.3, -0.25) is 0 Å². The number of likely N-dealkylation sites (tertiary alicyclic amines) is 1. The number of nitrogens with zero attached hydrogens (tertiary/aromatic N) is 2. The van der Waals surface area contributed by atoms with Gasteiger partial charge in [0.1, 0.15) is 0 Å². The number of halogens is 1. The van der Waals surface area contributed by atoms with Gasteiger partial charge in [0.05, 0.1) is 16.6 Å². The Balaban J connectivity index is 1.58. The van der Waals surface area contributed by atoms with Crippen molar-refractivity contribution in [2.24, 2.45) is 5.92 Å². The second-order valence-electron chi connectivity index (χ2n) is 5.19. The van der Waals surface area contributed by atoms with E-state index in [9.17, 15) is 0 Å². The highest BCUT2D eigenvalue weighted by Crippen LogP contribution is 2.20. The summed E-state index contributed by atoms with van der Waals surface area (Å²) in [6.45, 7) is 6.21. The standard InChI is InChI=1S/C14H23ClN2S/c1-2-12-6-8-17(10-12)7-4-3-5-14-16-13(9-15)11-18-14/h11-12H,2-10H2,1H3. The second kappa shape index (κ2) is 7.46. The van der Waals surface area contributed by atoms with E-state index in [1.54, 1.807) is 11.3 Å². The smallest absolute Gasteiger partial charge is 0.0928 e. The Morgan fingerprint density at radius 1 is 1.50 bits per heavy atom. The molecule has 0 N–H and O–H groups in total. The molecular formula is C14H23ClN2S. The molecule has 1 atom stereocenters. The highest BCUT2D eigenvalue weighted by Gasteiger charge is 2.19. The summed E-state index contributed by atoms with van der Waals surface area (Å²) in [6.07, 6.45) is 6.42. The van der Waals surface area contributed by atoms with Gasteiger partial charge < -0.3 is 4.90 Å². The summed E-state index contributed by atoms with van der Waals surface area (Å²) in [6, 6.07) is 0.